The van der Waals surface area contributed by atoms with Crippen LogP contribution in [0.5, 0.6) is 0 Å². The summed E-state index contributed by atoms with van der Waals surface area (Å²) < 4.78 is 0. The topological polar surface area (TPSA) is 0 Å². The summed E-state index contributed by atoms with van der Waals surface area (Å²) in [5, 5.41) is 2.71. The minimum atomic E-state index is 0.522. The second kappa shape index (κ2) is 2.91. The Kier molecular flexibility index (Phi) is 2.39. The third-order valence-electron chi connectivity index (χ3n) is 1.19. The SMILES string of the molecule is Cc1scc(Cl)c1CCl. The lowest BCUT2D eigenvalue weighted by Crippen LogP contribution is -1.74. The predicted molar refractivity (Wildman–Crippen MR) is 43.6 cm³/mol. The summed E-state index contributed by atoms with van der Waals surface area (Å²) in [7, 11) is 0. The van der Waals surface area contributed by atoms with Gasteiger partial charge < -0.3 is 0 Å². The van der Waals surface area contributed by atoms with E-state index in [1.165, 1.54) is 4.88 Å². The molecule has 0 nitrogen and oxygen atoms in total. The van der Waals surface area contributed by atoms with Crippen molar-refractivity contribution in [1.82, 2.24) is 0 Å². The Morgan fingerprint density at radius 1 is 1.67 bits per heavy atom. The normalized spacial score (nSPS) is 10.1. The van der Waals surface area contributed by atoms with E-state index in [9.17, 15) is 0 Å². The van der Waals surface area contributed by atoms with Crippen LogP contribution < -0.4 is 0 Å². The zero-order chi connectivity index (χ0) is 6.85. The molecule has 1 heterocycles. The van der Waals surface area contributed by atoms with E-state index in [4.69, 9.17) is 23.2 Å². The molecule has 0 radical (unpaired) electrons. The molecule has 0 aliphatic carbocycles. The molecule has 0 aromatic carbocycles. The van der Waals surface area contributed by atoms with Crippen LogP contribution in [0.3, 0.4) is 0 Å². The van der Waals surface area contributed by atoms with E-state index >= 15 is 0 Å². The molecule has 0 saturated heterocycles. The van der Waals surface area contributed by atoms with E-state index in [2.05, 4.69) is 0 Å². The van der Waals surface area contributed by atoms with Crippen LogP contribution in [-0.4, -0.2) is 0 Å². The van der Waals surface area contributed by atoms with E-state index < -0.39 is 0 Å². The van der Waals surface area contributed by atoms with E-state index in [0.717, 1.165) is 10.6 Å². The van der Waals surface area contributed by atoms with Crippen LogP contribution in [-0.2, 0) is 5.88 Å². The largest absolute Gasteiger partial charge is 0.147 e. The van der Waals surface area contributed by atoms with Gasteiger partial charge in [0.2, 0.25) is 0 Å². The van der Waals surface area contributed by atoms with Crippen LogP contribution in [0, 0.1) is 6.92 Å². The van der Waals surface area contributed by atoms with Crippen LogP contribution in [0.1, 0.15) is 10.4 Å². The zero-order valence-corrected chi connectivity index (χ0v) is 7.28. The smallest absolute Gasteiger partial charge is 0.0559 e. The third kappa shape index (κ3) is 1.40. The van der Waals surface area contributed by atoms with Crippen LogP contribution in [0.15, 0.2) is 5.38 Å². The number of hydrogen-bond acceptors (Lipinski definition) is 1. The highest BCUT2D eigenvalue weighted by Crippen LogP contribution is 2.27. The van der Waals surface area contributed by atoms with Crippen LogP contribution >= 0.6 is 34.5 Å². The zero-order valence-electron chi connectivity index (χ0n) is 4.95. The molecular weight excluding hydrogens is 175 g/mol. The molecule has 9 heavy (non-hydrogen) atoms. The summed E-state index contributed by atoms with van der Waals surface area (Å²) >= 11 is 13.0. The van der Waals surface area contributed by atoms with Gasteiger partial charge in [0.05, 0.1) is 5.02 Å². The first-order valence-electron chi connectivity index (χ1n) is 2.54. The molecule has 0 bridgehead atoms. The highest BCUT2D eigenvalue weighted by Gasteiger charge is 2.03. The number of rotatable bonds is 1. The van der Waals surface area contributed by atoms with Gasteiger partial charge in [0, 0.05) is 16.1 Å². The fraction of sp³-hybridized carbons (Fsp3) is 0.333. The monoisotopic (exact) mass is 180 g/mol. The Hall–Kier alpha value is 0.280. The van der Waals surface area contributed by atoms with Crippen molar-refractivity contribution in [1.29, 1.82) is 0 Å². The molecule has 3 heteroatoms. The van der Waals surface area contributed by atoms with Crippen molar-refractivity contribution in [3.05, 3.63) is 20.8 Å². The number of halogens is 2. The van der Waals surface area contributed by atoms with Crippen molar-refractivity contribution < 1.29 is 0 Å². The first kappa shape index (κ1) is 7.39. The molecule has 0 aliphatic rings. The van der Waals surface area contributed by atoms with E-state index in [1.54, 1.807) is 11.3 Å². The highest BCUT2D eigenvalue weighted by molar-refractivity contribution is 7.10. The number of aryl methyl sites for hydroxylation is 1. The number of thiophene rings is 1. The lowest BCUT2D eigenvalue weighted by atomic mass is 10.3. The van der Waals surface area contributed by atoms with Gasteiger partial charge in [-0.1, -0.05) is 11.6 Å². The van der Waals surface area contributed by atoms with Gasteiger partial charge in [0.25, 0.3) is 0 Å². The predicted octanol–water partition coefficient (Wildman–Crippen LogP) is 3.45. The number of alkyl halides is 1. The average molecular weight is 181 g/mol. The van der Waals surface area contributed by atoms with E-state index in [1.807, 2.05) is 12.3 Å². The highest BCUT2D eigenvalue weighted by atomic mass is 35.5. The average Bonchev–Trinajstić information content (AvgIpc) is 2.12. The minimum absolute atomic E-state index is 0.522. The maximum atomic E-state index is 5.77. The molecule has 1 aromatic rings. The van der Waals surface area contributed by atoms with Crippen molar-refractivity contribution in [2.24, 2.45) is 0 Å². The van der Waals surface area contributed by atoms with Gasteiger partial charge in [-0.15, -0.1) is 22.9 Å². The van der Waals surface area contributed by atoms with Crippen molar-refractivity contribution in [2.75, 3.05) is 0 Å². The first-order chi connectivity index (χ1) is 4.25. The molecule has 0 fully saturated rings. The quantitative estimate of drug-likeness (QED) is 0.582. The summed E-state index contributed by atoms with van der Waals surface area (Å²) in [5.41, 5.74) is 1.07. The summed E-state index contributed by atoms with van der Waals surface area (Å²) in [6, 6.07) is 0. The maximum Gasteiger partial charge on any atom is 0.0559 e. The van der Waals surface area contributed by atoms with Crippen LogP contribution in [0.2, 0.25) is 5.02 Å². The Labute approximate surface area is 68.4 Å². The van der Waals surface area contributed by atoms with Crippen molar-refractivity contribution in [2.45, 2.75) is 12.8 Å². The minimum Gasteiger partial charge on any atom is -0.147 e. The molecule has 0 unspecified atom stereocenters. The Bertz CT molecular complexity index is 185. The third-order valence-corrected chi connectivity index (χ3v) is 2.87. The molecule has 1 rings (SSSR count). The summed E-state index contributed by atoms with van der Waals surface area (Å²) in [5.74, 6) is 0.522. The lowest BCUT2D eigenvalue weighted by molar-refractivity contribution is 1.38. The second-order valence-corrected chi connectivity index (χ2v) is 3.51. The maximum absolute atomic E-state index is 5.77. The molecule has 0 saturated carbocycles. The van der Waals surface area contributed by atoms with Gasteiger partial charge in [0.15, 0.2) is 0 Å². The Morgan fingerprint density at radius 2 is 2.33 bits per heavy atom. The van der Waals surface area contributed by atoms with Crippen molar-refractivity contribution >= 4 is 34.5 Å². The van der Waals surface area contributed by atoms with Gasteiger partial charge in [0.1, 0.15) is 0 Å². The fourth-order valence-electron chi connectivity index (χ4n) is 0.608. The van der Waals surface area contributed by atoms with Crippen LogP contribution in [0.4, 0.5) is 0 Å². The Morgan fingerprint density at radius 3 is 2.56 bits per heavy atom. The standard InChI is InChI=1S/C6H6Cl2S/c1-4-5(2-7)6(8)3-9-4/h3H,2H2,1H3. The van der Waals surface area contributed by atoms with Gasteiger partial charge >= 0.3 is 0 Å². The molecule has 0 atom stereocenters. The summed E-state index contributed by atoms with van der Waals surface area (Å²) in [4.78, 5) is 1.22. The van der Waals surface area contributed by atoms with E-state index in [-0.39, 0.29) is 0 Å². The molecule has 0 N–H and O–H groups in total. The van der Waals surface area contributed by atoms with Gasteiger partial charge in [-0.3, -0.25) is 0 Å². The fourth-order valence-corrected chi connectivity index (χ4v) is 2.25. The number of hydrogen-bond donors (Lipinski definition) is 0. The van der Waals surface area contributed by atoms with E-state index in [0.29, 0.717) is 5.88 Å². The van der Waals surface area contributed by atoms with Crippen molar-refractivity contribution in [3.63, 3.8) is 0 Å². The van der Waals surface area contributed by atoms with Gasteiger partial charge in [-0.25, -0.2) is 0 Å². The molecule has 0 spiro atoms. The summed E-state index contributed by atoms with van der Waals surface area (Å²) in [6.45, 7) is 2.02. The van der Waals surface area contributed by atoms with Gasteiger partial charge in [-0.2, -0.15) is 0 Å². The molecule has 1 aromatic heterocycles. The first-order valence-corrected chi connectivity index (χ1v) is 4.33. The molecule has 0 aliphatic heterocycles. The van der Waals surface area contributed by atoms with Gasteiger partial charge in [-0.05, 0) is 12.5 Å². The Balaban J connectivity index is 3.07. The van der Waals surface area contributed by atoms with Crippen LogP contribution in [0.25, 0.3) is 0 Å². The molecule has 50 valence electrons. The molecule has 0 amide bonds. The second-order valence-electron chi connectivity index (χ2n) is 1.75. The summed E-state index contributed by atoms with van der Waals surface area (Å²) in [6.07, 6.45) is 0. The van der Waals surface area contributed by atoms with Crippen molar-refractivity contribution in [3.8, 4) is 0 Å². The lowest BCUT2D eigenvalue weighted by Gasteiger charge is -1.90. The molecular formula is C6H6Cl2S.